The van der Waals surface area contributed by atoms with Crippen molar-refractivity contribution < 1.29 is 28.7 Å². The molecule has 1 N–H and O–H groups in total. The van der Waals surface area contributed by atoms with Crippen molar-refractivity contribution in [2.45, 2.75) is 51.0 Å². The van der Waals surface area contributed by atoms with E-state index in [9.17, 15) is 19.2 Å². The first-order valence-corrected chi connectivity index (χ1v) is 18.2. The second-order valence-corrected chi connectivity index (χ2v) is 14.8. The molecule has 2 aromatic rings. The summed E-state index contributed by atoms with van der Waals surface area (Å²) >= 11 is 15.0. The van der Waals surface area contributed by atoms with E-state index in [0.717, 1.165) is 44.0 Å². The van der Waals surface area contributed by atoms with Crippen molar-refractivity contribution in [1.29, 1.82) is 0 Å². The third-order valence-corrected chi connectivity index (χ3v) is 11.9. The zero-order chi connectivity index (χ0) is 34.8. The maximum Gasteiger partial charge on any atom is 0.336 e. The second-order valence-electron chi connectivity index (χ2n) is 13.0. The number of ether oxygens (including phenoxy) is 2. The number of piperazine rings is 1. The summed E-state index contributed by atoms with van der Waals surface area (Å²) in [5, 5.41) is 6.57. The van der Waals surface area contributed by atoms with Gasteiger partial charge in [-0.15, -0.1) is 11.3 Å². The van der Waals surface area contributed by atoms with E-state index in [1.807, 2.05) is 15.2 Å². The normalized spacial score (nSPS) is 24.2. The lowest BCUT2D eigenvalue weighted by atomic mass is 9.78. The van der Waals surface area contributed by atoms with Crippen LogP contribution in [0.1, 0.15) is 49.1 Å². The number of aromatic nitrogens is 1. The zero-order valence-electron chi connectivity index (χ0n) is 27.9. The van der Waals surface area contributed by atoms with E-state index in [4.69, 9.17) is 32.7 Å². The van der Waals surface area contributed by atoms with Gasteiger partial charge in [-0.2, -0.15) is 0 Å². The number of aryl methyl sites for hydroxylation is 1. The summed E-state index contributed by atoms with van der Waals surface area (Å²) in [7, 11) is 2.53. The van der Waals surface area contributed by atoms with Gasteiger partial charge in [-0.25, -0.2) is 14.6 Å². The van der Waals surface area contributed by atoms with Crippen LogP contribution in [-0.2, 0) is 35.1 Å². The van der Waals surface area contributed by atoms with Crippen molar-refractivity contribution in [1.82, 2.24) is 25.0 Å². The van der Waals surface area contributed by atoms with E-state index >= 15 is 0 Å². The molecule has 4 heterocycles. The summed E-state index contributed by atoms with van der Waals surface area (Å²) in [5.41, 5.74) is 1.44. The van der Waals surface area contributed by atoms with E-state index in [0.29, 0.717) is 60.8 Å². The van der Waals surface area contributed by atoms with Gasteiger partial charge in [-0.1, -0.05) is 29.3 Å². The van der Waals surface area contributed by atoms with Crippen molar-refractivity contribution in [2.24, 2.45) is 11.8 Å². The standard InChI is InChI=1S/C35H41Cl2N5O6S/c1-20(43)42-18-21-15-23(16-22(21)19-42)40-10-12-41(13-11-40)29(44)17-27-32(35(46)48-3)33(30-24(36)5-4-6-25(30)37)31(34(45)47-2)26(39-27)7-8-28-38-9-14-49-28/h4-6,9,14,21-23,33,39H,7-8,10-13,15-19H2,1-3H3. The van der Waals surface area contributed by atoms with Gasteiger partial charge in [0.05, 0.1) is 42.7 Å². The molecule has 0 spiro atoms. The lowest BCUT2D eigenvalue weighted by molar-refractivity contribution is -0.137. The van der Waals surface area contributed by atoms with E-state index in [1.54, 1.807) is 31.3 Å². The van der Waals surface area contributed by atoms with E-state index in [1.165, 1.54) is 25.6 Å². The number of rotatable bonds is 9. The summed E-state index contributed by atoms with van der Waals surface area (Å²) in [6, 6.07) is 5.43. The Kier molecular flexibility index (Phi) is 11.0. The average Bonchev–Trinajstić information content (AvgIpc) is 3.85. The minimum atomic E-state index is -1.05. The summed E-state index contributed by atoms with van der Waals surface area (Å²) < 4.78 is 10.5. The molecule has 3 atom stereocenters. The number of nitrogens with zero attached hydrogens (tertiary/aromatic N) is 4. The van der Waals surface area contributed by atoms with Gasteiger partial charge in [0.2, 0.25) is 11.8 Å². The summed E-state index contributed by atoms with van der Waals surface area (Å²) in [6.07, 6.45) is 4.62. The monoisotopic (exact) mass is 729 g/mol. The minimum Gasteiger partial charge on any atom is -0.466 e. The first-order valence-electron chi connectivity index (χ1n) is 16.6. The Morgan fingerprint density at radius 2 is 1.51 bits per heavy atom. The molecule has 1 aromatic carbocycles. The molecule has 4 aliphatic rings. The Bertz CT molecular complexity index is 1640. The third kappa shape index (κ3) is 7.38. The number of dihydropyridines is 1. The van der Waals surface area contributed by atoms with Gasteiger partial charge in [-0.05, 0) is 43.2 Å². The quantitative estimate of drug-likeness (QED) is 0.374. The van der Waals surface area contributed by atoms with Crippen LogP contribution in [0, 0.1) is 11.8 Å². The highest BCUT2D eigenvalue weighted by molar-refractivity contribution is 7.09. The van der Waals surface area contributed by atoms with Crippen LogP contribution in [0.15, 0.2) is 52.3 Å². The Balaban J connectivity index is 1.25. The molecule has 3 unspecified atom stereocenters. The van der Waals surface area contributed by atoms with Crippen LogP contribution in [-0.4, -0.2) is 103 Å². The Hall–Kier alpha value is -3.45. The van der Waals surface area contributed by atoms with E-state index < -0.39 is 17.9 Å². The maximum atomic E-state index is 14.0. The number of hydrogen-bond acceptors (Lipinski definition) is 10. The number of thiazole rings is 1. The number of nitrogens with one attached hydrogen (secondary N) is 1. The van der Waals surface area contributed by atoms with E-state index in [-0.39, 0.29) is 39.4 Å². The molecule has 3 aliphatic heterocycles. The summed E-state index contributed by atoms with van der Waals surface area (Å²) in [6.45, 7) is 5.97. The van der Waals surface area contributed by atoms with Crippen LogP contribution in [0.3, 0.4) is 0 Å². The van der Waals surface area contributed by atoms with Gasteiger partial charge in [0.25, 0.3) is 0 Å². The first-order chi connectivity index (χ1) is 23.6. The largest absolute Gasteiger partial charge is 0.466 e. The van der Waals surface area contributed by atoms with Crippen LogP contribution < -0.4 is 5.32 Å². The van der Waals surface area contributed by atoms with Crippen molar-refractivity contribution in [3.63, 3.8) is 0 Å². The Labute approximate surface area is 300 Å². The summed E-state index contributed by atoms with van der Waals surface area (Å²) in [4.78, 5) is 63.7. The number of esters is 2. The fourth-order valence-electron chi connectivity index (χ4n) is 7.95. The maximum absolute atomic E-state index is 14.0. The van der Waals surface area contributed by atoms with Crippen LogP contribution in [0.2, 0.25) is 10.0 Å². The van der Waals surface area contributed by atoms with Crippen molar-refractivity contribution in [3.8, 4) is 0 Å². The smallest absolute Gasteiger partial charge is 0.336 e. The molecule has 1 aliphatic carbocycles. The molecular weight excluding hydrogens is 689 g/mol. The van der Waals surface area contributed by atoms with Crippen LogP contribution in [0.4, 0.5) is 0 Å². The Morgan fingerprint density at radius 1 is 0.898 bits per heavy atom. The highest BCUT2D eigenvalue weighted by atomic mass is 35.5. The van der Waals surface area contributed by atoms with Gasteiger partial charge >= 0.3 is 11.9 Å². The molecule has 11 nitrogen and oxygen atoms in total. The molecule has 3 fully saturated rings. The predicted molar refractivity (Wildman–Crippen MR) is 186 cm³/mol. The number of fused-ring (bicyclic) bond motifs is 1. The number of likely N-dealkylation sites (tertiary alicyclic amines) is 1. The minimum absolute atomic E-state index is 0.0833. The Morgan fingerprint density at radius 3 is 2.06 bits per heavy atom. The molecule has 1 saturated carbocycles. The number of amides is 2. The topological polar surface area (TPSA) is 121 Å². The van der Waals surface area contributed by atoms with Gasteiger partial charge in [0, 0.05) is 97.2 Å². The molecule has 1 aromatic heterocycles. The highest BCUT2D eigenvalue weighted by Crippen LogP contribution is 2.46. The van der Waals surface area contributed by atoms with Crippen LogP contribution >= 0.6 is 34.5 Å². The molecule has 49 heavy (non-hydrogen) atoms. The molecule has 0 bridgehead atoms. The van der Waals surface area contributed by atoms with Crippen LogP contribution in [0.5, 0.6) is 0 Å². The highest BCUT2D eigenvalue weighted by Gasteiger charge is 2.45. The SMILES string of the molecule is COC(=O)C1=C(CCc2nccs2)NC(CC(=O)N2CCN(C3CC4CN(C(C)=O)CC4C3)CC2)=C(C(=O)OC)C1c1c(Cl)cccc1Cl. The molecule has 2 saturated heterocycles. The lowest BCUT2D eigenvalue weighted by Crippen LogP contribution is -2.52. The van der Waals surface area contributed by atoms with Gasteiger partial charge in [0.1, 0.15) is 0 Å². The van der Waals surface area contributed by atoms with E-state index in [2.05, 4.69) is 15.2 Å². The number of allylic oxidation sites excluding steroid dienone is 1. The number of hydrogen-bond donors (Lipinski definition) is 1. The molecule has 14 heteroatoms. The molecular formula is C35H41Cl2N5O6S. The summed E-state index contributed by atoms with van der Waals surface area (Å²) in [5.74, 6) is -1.32. The number of halogens is 2. The number of carbonyl (C=O) groups excluding carboxylic acids is 4. The van der Waals surface area contributed by atoms with Crippen molar-refractivity contribution in [2.75, 3.05) is 53.5 Å². The van der Waals surface area contributed by atoms with Gasteiger partial charge in [0.15, 0.2) is 0 Å². The molecule has 2 amide bonds. The molecule has 0 radical (unpaired) electrons. The van der Waals surface area contributed by atoms with Crippen LogP contribution in [0.25, 0.3) is 0 Å². The van der Waals surface area contributed by atoms with Gasteiger partial charge in [-0.3, -0.25) is 14.5 Å². The number of benzene rings is 1. The number of methoxy groups -OCH3 is 2. The number of carbonyl (C=O) groups is 4. The lowest BCUT2D eigenvalue weighted by Gasteiger charge is -2.39. The second kappa shape index (κ2) is 15.2. The molecule has 6 rings (SSSR count). The third-order valence-electron chi connectivity index (χ3n) is 10.4. The molecule has 262 valence electrons. The van der Waals surface area contributed by atoms with Crippen molar-refractivity contribution in [3.05, 3.63) is 72.9 Å². The average molecular weight is 731 g/mol. The zero-order valence-corrected chi connectivity index (χ0v) is 30.2. The van der Waals surface area contributed by atoms with Gasteiger partial charge < -0.3 is 24.6 Å². The fourth-order valence-corrected chi connectivity index (χ4v) is 9.19. The fraction of sp³-hybridized carbons (Fsp3) is 0.514. The van der Waals surface area contributed by atoms with Crippen molar-refractivity contribution >= 4 is 58.3 Å². The predicted octanol–water partition coefficient (Wildman–Crippen LogP) is 4.41. The first kappa shape index (κ1) is 35.4.